The lowest BCUT2D eigenvalue weighted by Gasteiger charge is -2.12. The molecule has 172 valence electrons. The van der Waals surface area contributed by atoms with Crippen molar-refractivity contribution in [3.63, 3.8) is 0 Å². The van der Waals surface area contributed by atoms with Crippen molar-refractivity contribution in [1.29, 1.82) is 0 Å². The Morgan fingerprint density at radius 3 is 2.39 bits per heavy atom. The van der Waals surface area contributed by atoms with Gasteiger partial charge in [0.2, 0.25) is 0 Å². The Labute approximate surface area is 195 Å². The van der Waals surface area contributed by atoms with Gasteiger partial charge in [-0.15, -0.1) is 11.3 Å². The molecule has 0 aliphatic carbocycles. The lowest BCUT2D eigenvalue weighted by atomic mass is 10.0. The van der Waals surface area contributed by atoms with Crippen molar-refractivity contribution < 1.29 is 26.0 Å². The molecular formula is C21H14ClF4N3O2S2. The van der Waals surface area contributed by atoms with Crippen molar-refractivity contribution in [2.75, 3.05) is 6.26 Å². The highest BCUT2D eigenvalue weighted by atomic mass is 35.5. The average Bonchev–Trinajstić information content (AvgIpc) is 3.36. The monoisotopic (exact) mass is 515 g/mol. The van der Waals surface area contributed by atoms with Crippen LogP contribution in [-0.4, -0.2) is 29.4 Å². The number of aryl methyl sites for hydroxylation is 1. The summed E-state index contributed by atoms with van der Waals surface area (Å²) in [7, 11) is -3.86. The van der Waals surface area contributed by atoms with E-state index in [1.807, 2.05) is 0 Å². The number of benzene rings is 2. The van der Waals surface area contributed by atoms with Crippen LogP contribution in [0.5, 0.6) is 0 Å². The average molecular weight is 516 g/mol. The molecule has 12 heteroatoms. The van der Waals surface area contributed by atoms with Crippen LogP contribution in [0.15, 0.2) is 52.2 Å². The van der Waals surface area contributed by atoms with E-state index in [0.717, 1.165) is 29.1 Å². The fourth-order valence-electron chi connectivity index (χ4n) is 3.40. The summed E-state index contributed by atoms with van der Waals surface area (Å²) in [6, 6.07) is 6.95. The van der Waals surface area contributed by atoms with Crippen LogP contribution in [0.2, 0.25) is 5.02 Å². The van der Waals surface area contributed by atoms with E-state index in [1.165, 1.54) is 23.5 Å². The molecule has 5 nitrogen and oxygen atoms in total. The summed E-state index contributed by atoms with van der Waals surface area (Å²) < 4.78 is 79.2. The maximum atomic E-state index is 14.5. The third kappa shape index (κ3) is 4.53. The number of hydrogen-bond donors (Lipinski definition) is 0. The van der Waals surface area contributed by atoms with Gasteiger partial charge in [-0.05, 0) is 42.8 Å². The summed E-state index contributed by atoms with van der Waals surface area (Å²) in [5, 5.41) is 5.69. The molecule has 0 fully saturated rings. The summed E-state index contributed by atoms with van der Waals surface area (Å²) in [5.74, 6) is -1.10. The van der Waals surface area contributed by atoms with Crippen LogP contribution in [0.3, 0.4) is 0 Å². The van der Waals surface area contributed by atoms with Gasteiger partial charge in [-0.25, -0.2) is 22.5 Å². The van der Waals surface area contributed by atoms with Crippen molar-refractivity contribution in [2.45, 2.75) is 18.0 Å². The van der Waals surface area contributed by atoms with E-state index in [1.54, 1.807) is 23.9 Å². The van der Waals surface area contributed by atoms with Gasteiger partial charge in [-0.3, -0.25) is 0 Å². The van der Waals surface area contributed by atoms with Gasteiger partial charge < -0.3 is 0 Å². The molecule has 2 heterocycles. The van der Waals surface area contributed by atoms with Crippen molar-refractivity contribution in [3.8, 4) is 28.2 Å². The zero-order valence-corrected chi connectivity index (χ0v) is 19.4. The highest BCUT2D eigenvalue weighted by Crippen LogP contribution is 2.38. The minimum absolute atomic E-state index is 0.00339. The molecule has 0 bridgehead atoms. The van der Waals surface area contributed by atoms with E-state index in [-0.39, 0.29) is 16.4 Å². The number of rotatable bonds is 4. The fourth-order valence-corrected chi connectivity index (χ4v) is 5.03. The standard InChI is InChI=1S/C21H14ClF4N3O2S2/c1-11-5-12(6-14(22)20(11)16-9-32-10-27-16)17-8-19(21(24,25)26)28-29(17)13-3-4-18(15(23)7-13)33(2,30)31/h3-10H,1-2H3. The zero-order chi connectivity index (χ0) is 24.1. The lowest BCUT2D eigenvalue weighted by molar-refractivity contribution is -0.141. The Balaban J connectivity index is 1.92. The predicted molar refractivity (Wildman–Crippen MR) is 118 cm³/mol. The maximum Gasteiger partial charge on any atom is 0.435 e. The molecular weight excluding hydrogens is 502 g/mol. The SMILES string of the molecule is Cc1cc(-c2cc(C(F)(F)F)nn2-c2ccc(S(C)(=O)=O)c(F)c2)cc(Cl)c1-c1cscn1. The minimum Gasteiger partial charge on any atom is -0.245 e. The number of nitrogens with zero attached hydrogens (tertiary/aromatic N) is 3. The van der Waals surface area contributed by atoms with Crippen LogP contribution < -0.4 is 0 Å². The Hall–Kier alpha value is -2.76. The molecule has 0 aliphatic rings. The number of thiazole rings is 1. The van der Waals surface area contributed by atoms with Gasteiger partial charge in [0.25, 0.3) is 0 Å². The highest BCUT2D eigenvalue weighted by Gasteiger charge is 2.35. The van der Waals surface area contributed by atoms with Gasteiger partial charge in [0.1, 0.15) is 10.7 Å². The van der Waals surface area contributed by atoms with Gasteiger partial charge in [-0.1, -0.05) is 11.6 Å². The number of aromatic nitrogens is 3. The molecule has 0 amide bonds. The van der Waals surface area contributed by atoms with E-state index < -0.39 is 32.4 Å². The first-order chi connectivity index (χ1) is 15.4. The van der Waals surface area contributed by atoms with Gasteiger partial charge in [0, 0.05) is 28.8 Å². The molecule has 2 aromatic carbocycles. The predicted octanol–water partition coefficient (Wildman–Crippen LogP) is 6.19. The van der Waals surface area contributed by atoms with Gasteiger partial charge in [0.15, 0.2) is 15.5 Å². The molecule has 33 heavy (non-hydrogen) atoms. The van der Waals surface area contributed by atoms with Gasteiger partial charge in [-0.2, -0.15) is 18.3 Å². The molecule has 0 saturated carbocycles. The summed E-state index contributed by atoms with van der Waals surface area (Å²) in [6.07, 6.45) is -3.93. The summed E-state index contributed by atoms with van der Waals surface area (Å²) in [4.78, 5) is 3.66. The molecule has 0 N–H and O–H groups in total. The largest absolute Gasteiger partial charge is 0.435 e. The van der Waals surface area contributed by atoms with Crippen molar-refractivity contribution in [1.82, 2.24) is 14.8 Å². The normalized spacial score (nSPS) is 12.3. The second-order valence-electron chi connectivity index (χ2n) is 7.23. The molecule has 0 atom stereocenters. The van der Waals surface area contributed by atoms with Gasteiger partial charge in [0.05, 0.1) is 27.6 Å². The van der Waals surface area contributed by atoms with E-state index in [2.05, 4.69) is 10.1 Å². The van der Waals surface area contributed by atoms with Crippen LogP contribution in [0.25, 0.3) is 28.2 Å². The molecule has 4 rings (SSSR count). The molecule has 0 aliphatic heterocycles. The fraction of sp³-hybridized carbons (Fsp3) is 0.143. The van der Waals surface area contributed by atoms with Crippen LogP contribution in [0.4, 0.5) is 17.6 Å². The molecule has 0 radical (unpaired) electrons. The quantitative estimate of drug-likeness (QED) is 0.304. The maximum absolute atomic E-state index is 14.5. The second kappa shape index (κ2) is 8.23. The van der Waals surface area contributed by atoms with E-state index in [0.29, 0.717) is 22.4 Å². The summed E-state index contributed by atoms with van der Waals surface area (Å²) in [6.45, 7) is 1.75. The van der Waals surface area contributed by atoms with Crippen molar-refractivity contribution in [2.24, 2.45) is 0 Å². The first-order valence-electron chi connectivity index (χ1n) is 9.22. The molecule has 0 saturated heterocycles. The van der Waals surface area contributed by atoms with Crippen molar-refractivity contribution in [3.05, 3.63) is 69.4 Å². The zero-order valence-electron chi connectivity index (χ0n) is 17.0. The van der Waals surface area contributed by atoms with E-state index in [9.17, 15) is 26.0 Å². The molecule has 0 unspecified atom stereocenters. The van der Waals surface area contributed by atoms with Crippen molar-refractivity contribution >= 4 is 32.8 Å². The Bertz CT molecular complexity index is 1440. The second-order valence-corrected chi connectivity index (χ2v) is 10.3. The van der Waals surface area contributed by atoms with Crippen LogP contribution >= 0.6 is 22.9 Å². The van der Waals surface area contributed by atoms with E-state index in [4.69, 9.17) is 11.6 Å². The van der Waals surface area contributed by atoms with E-state index >= 15 is 0 Å². The summed E-state index contributed by atoms with van der Waals surface area (Å²) >= 11 is 7.83. The van der Waals surface area contributed by atoms with Crippen LogP contribution in [0, 0.1) is 12.7 Å². The molecule has 0 spiro atoms. The molecule has 4 aromatic rings. The minimum atomic E-state index is -4.76. The Kier molecular flexibility index (Phi) is 5.83. The number of halogens is 5. The molecule has 2 aromatic heterocycles. The van der Waals surface area contributed by atoms with Crippen LogP contribution in [-0.2, 0) is 16.0 Å². The number of alkyl halides is 3. The smallest absolute Gasteiger partial charge is 0.245 e. The van der Waals surface area contributed by atoms with Gasteiger partial charge >= 0.3 is 6.18 Å². The third-order valence-electron chi connectivity index (χ3n) is 4.83. The first-order valence-corrected chi connectivity index (χ1v) is 12.4. The number of sulfone groups is 1. The lowest BCUT2D eigenvalue weighted by Crippen LogP contribution is -2.08. The first kappa shape index (κ1) is 23.4. The number of hydrogen-bond acceptors (Lipinski definition) is 5. The highest BCUT2D eigenvalue weighted by molar-refractivity contribution is 7.90. The Morgan fingerprint density at radius 2 is 1.85 bits per heavy atom. The topological polar surface area (TPSA) is 64.8 Å². The third-order valence-corrected chi connectivity index (χ3v) is 6.85. The Morgan fingerprint density at radius 1 is 1.12 bits per heavy atom. The summed E-state index contributed by atoms with van der Waals surface area (Å²) in [5.41, 5.74) is 2.63. The van der Waals surface area contributed by atoms with Crippen LogP contribution in [0.1, 0.15) is 11.3 Å².